The van der Waals surface area contributed by atoms with Crippen LogP contribution in [0.2, 0.25) is 0 Å². The third-order valence-electron chi connectivity index (χ3n) is 4.90. The molecule has 2 amide bonds. The molecular formula is C23H26N2O6. The second-order valence-corrected chi connectivity index (χ2v) is 7.32. The fraction of sp³-hybridized carbons (Fsp3) is 0.348. The van der Waals surface area contributed by atoms with Crippen LogP contribution < -0.4 is 14.8 Å². The molecule has 0 heterocycles. The molecule has 3 rings (SSSR count). The summed E-state index contributed by atoms with van der Waals surface area (Å²) in [4.78, 5) is 37.4. The first-order valence-corrected chi connectivity index (χ1v) is 10.1. The summed E-state index contributed by atoms with van der Waals surface area (Å²) in [7, 11) is 1.54. The fourth-order valence-corrected chi connectivity index (χ4v) is 3.18. The highest BCUT2D eigenvalue weighted by atomic mass is 16.5. The number of rotatable bonds is 11. The Morgan fingerprint density at radius 1 is 1.06 bits per heavy atom. The van der Waals surface area contributed by atoms with Gasteiger partial charge in [0.15, 0.2) is 18.1 Å². The van der Waals surface area contributed by atoms with Gasteiger partial charge in [-0.05, 0) is 42.7 Å². The molecule has 0 radical (unpaired) electrons. The van der Waals surface area contributed by atoms with Crippen LogP contribution in [-0.2, 0) is 20.8 Å². The molecule has 0 spiro atoms. The van der Waals surface area contributed by atoms with Crippen molar-refractivity contribution < 1.29 is 29.0 Å². The van der Waals surface area contributed by atoms with Gasteiger partial charge in [0.2, 0.25) is 5.91 Å². The highest BCUT2D eigenvalue weighted by molar-refractivity contribution is 5.91. The Balaban J connectivity index is 1.49. The van der Waals surface area contributed by atoms with Gasteiger partial charge < -0.3 is 24.8 Å². The van der Waals surface area contributed by atoms with E-state index in [2.05, 4.69) is 5.32 Å². The maximum absolute atomic E-state index is 12.7. The highest BCUT2D eigenvalue weighted by Crippen LogP contribution is 2.29. The van der Waals surface area contributed by atoms with Crippen molar-refractivity contribution in [3.8, 4) is 11.5 Å². The summed E-state index contributed by atoms with van der Waals surface area (Å²) in [6.45, 7) is 0.186. The second kappa shape index (κ2) is 10.5. The van der Waals surface area contributed by atoms with Crippen molar-refractivity contribution in [2.24, 2.45) is 0 Å². The lowest BCUT2D eigenvalue weighted by molar-refractivity contribution is -0.136. The molecule has 0 bridgehead atoms. The third-order valence-corrected chi connectivity index (χ3v) is 4.90. The lowest BCUT2D eigenvalue weighted by Gasteiger charge is -2.22. The van der Waals surface area contributed by atoms with Crippen LogP contribution >= 0.6 is 0 Å². The second-order valence-electron chi connectivity index (χ2n) is 7.32. The Bertz CT molecular complexity index is 924. The maximum atomic E-state index is 12.7. The predicted molar refractivity (Wildman–Crippen MR) is 114 cm³/mol. The van der Waals surface area contributed by atoms with Crippen LogP contribution in [-0.4, -0.2) is 54.1 Å². The van der Waals surface area contributed by atoms with Crippen LogP contribution in [0.4, 0.5) is 5.69 Å². The number of carbonyl (C=O) groups excluding carboxylic acids is 2. The summed E-state index contributed by atoms with van der Waals surface area (Å²) < 4.78 is 10.9. The first-order chi connectivity index (χ1) is 15.0. The topological polar surface area (TPSA) is 105 Å². The van der Waals surface area contributed by atoms with Gasteiger partial charge in [0.1, 0.15) is 0 Å². The third kappa shape index (κ3) is 6.74. The van der Waals surface area contributed by atoms with Gasteiger partial charge >= 0.3 is 5.97 Å². The standard InChI is InChI=1S/C23H26N2O6/c1-30-19-4-2-3-5-20(19)31-15-22(27)25(18-10-11-18)13-12-21(26)24-17-8-6-16(7-9-17)14-23(28)29/h2-9,18H,10-15H2,1H3,(H,24,26)(H,28,29). The minimum absolute atomic E-state index is 0.0659. The molecular weight excluding hydrogens is 400 g/mol. The molecule has 0 saturated heterocycles. The van der Waals surface area contributed by atoms with E-state index in [1.165, 1.54) is 0 Å². The summed E-state index contributed by atoms with van der Waals surface area (Å²) in [6, 6.07) is 13.9. The van der Waals surface area contributed by atoms with Crippen LogP contribution in [0.5, 0.6) is 11.5 Å². The average molecular weight is 426 g/mol. The summed E-state index contributed by atoms with van der Waals surface area (Å²) in [5.74, 6) is -0.231. The lowest BCUT2D eigenvalue weighted by atomic mass is 10.1. The molecule has 31 heavy (non-hydrogen) atoms. The van der Waals surface area contributed by atoms with Crippen molar-refractivity contribution in [1.29, 1.82) is 0 Å². The number of nitrogens with one attached hydrogen (secondary N) is 1. The number of benzene rings is 2. The van der Waals surface area contributed by atoms with Crippen LogP contribution in [0, 0.1) is 0 Å². The SMILES string of the molecule is COc1ccccc1OCC(=O)N(CCC(=O)Nc1ccc(CC(=O)O)cc1)C1CC1. The van der Waals surface area contributed by atoms with Crippen molar-refractivity contribution in [3.63, 3.8) is 0 Å². The van der Waals surface area contributed by atoms with E-state index in [1.807, 2.05) is 6.07 Å². The summed E-state index contributed by atoms with van der Waals surface area (Å²) >= 11 is 0. The number of hydrogen-bond acceptors (Lipinski definition) is 5. The van der Waals surface area contributed by atoms with E-state index in [0.29, 0.717) is 29.3 Å². The number of carboxylic acid groups (broad SMARTS) is 1. The average Bonchev–Trinajstić information content (AvgIpc) is 3.59. The van der Waals surface area contributed by atoms with Gasteiger partial charge in [0.05, 0.1) is 13.5 Å². The minimum atomic E-state index is -0.906. The molecule has 2 aromatic rings. The molecule has 1 aliphatic rings. The van der Waals surface area contributed by atoms with Crippen LogP contribution in [0.15, 0.2) is 48.5 Å². The summed E-state index contributed by atoms with van der Waals surface area (Å²) in [5.41, 5.74) is 1.24. The van der Waals surface area contributed by atoms with E-state index in [-0.39, 0.29) is 37.3 Å². The van der Waals surface area contributed by atoms with Crippen LogP contribution in [0.1, 0.15) is 24.8 Å². The van der Waals surface area contributed by atoms with Crippen molar-refractivity contribution in [1.82, 2.24) is 4.90 Å². The molecule has 0 unspecified atom stereocenters. The van der Waals surface area contributed by atoms with E-state index < -0.39 is 5.97 Å². The van der Waals surface area contributed by atoms with Gasteiger partial charge in [-0.3, -0.25) is 14.4 Å². The Morgan fingerprint density at radius 3 is 2.35 bits per heavy atom. The Morgan fingerprint density at radius 2 is 1.74 bits per heavy atom. The van der Waals surface area contributed by atoms with Crippen molar-refractivity contribution >= 4 is 23.5 Å². The molecule has 0 aliphatic heterocycles. The number of anilines is 1. The number of para-hydroxylation sites is 2. The van der Waals surface area contributed by atoms with Crippen molar-refractivity contribution in [3.05, 3.63) is 54.1 Å². The Labute approximate surface area is 180 Å². The van der Waals surface area contributed by atoms with E-state index >= 15 is 0 Å². The number of carboxylic acids is 1. The monoisotopic (exact) mass is 426 g/mol. The van der Waals surface area contributed by atoms with E-state index in [9.17, 15) is 14.4 Å². The number of ether oxygens (including phenoxy) is 2. The molecule has 0 atom stereocenters. The predicted octanol–water partition coefficient (Wildman–Crippen LogP) is 2.72. The quantitative estimate of drug-likeness (QED) is 0.572. The van der Waals surface area contributed by atoms with E-state index in [4.69, 9.17) is 14.6 Å². The number of carbonyl (C=O) groups is 3. The van der Waals surface area contributed by atoms with Crippen molar-refractivity contribution in [2.75, 3.05) is 25.6 Å². The Kier molecular flexibility index (Phi) is 7.48. The summed E-state index contributed by atoms with van der Waals surface area (Å²) in [6.07, 6.45) is 1.94. The lowest BCUT2D eigenvalue weighted by Crippen LogP contribution is -2.38. The zero-order valence-corrected chi connectivity index (χ0v) is 17.4. The largest absolute Gasteiger partial charge is 0.493 e. The first kappa shape index (κ1) is 22.1. The van der Waals surface area contributed by atoms with Crippen molar-refractivity contribution in [2.45, 2.75) is 31.7 Å². The van der Waals surface area contributed by atoms with Gasteiger partial charge in [-0.1, -0.05) is 24.3 Å². The van der Waals surface area contributed by atoms with E-state index in [1.54, 1.807) is 54.5 Å². The number of nitrogens with zero attached hydrogens (tertiary/aromatic N) is 1. The number of aliphatic carboxylic acids is 1. The zero-order chi connectivity index (χ0) is 22.2. The molecule has 1 aliphatic carbocycles. The molecule has 8 heteroatoms. The Hall–Kier alpha value is -3.55. The normalized spacial score (nSPS) is 12.7. The minimum Gasteiger partial charge on any atom is -0.493 e. The van der Waals surface area contributed by atoms with E-state index in [0.717, 1.165) is 12.8 Å². The number of hydrogen-bond donors (Lipinski definition) is 2. The van der Waals surface area contributed by atoms with Crippen LogP contribution in [0.25, 0.3) is 0 Å². The van der Waals surface area contributed by atoms with Gasteiger partial charge in [-0.25, -0.2) is 0 Å². The highest BCUT2D eigenvalue weighted by Gasteiger charge is 2.32. The number of amides is 2. The van der Waals surface area contributed by atoms with Crippen LogP contribution in [0.3, 0.4) is 0 Å². The zero-order valence-electron chi connectivity index (χ0n) is 17.4. The molecule has 1 fully saturated rings. The first-order valence-electron chi connectivity index (χ1n) is 10.1. The molecule has 2 aromatic carbocycles. The smallest absolute Gasteiger partial charge is 0.307 e. The molecule has 0 aromatic heterocycles. The maximum Gasteiger partial charge on any atom is 0.307 e. The van der Waals surface area contributed by atoms with Gasteiger partial charge in [-0.15, -0.1) is 0 Å². The van der Waals surface area contributed by atoms with Gasteiger partial charge in [-0.2, -0.15) is 0 Å². The van der Waals surface area contributed by atoms with Gasteiger partial charge in [0.25, 0.3) is 5.91 Å². The molecule has 8 nitrogen and oxygen atoms in total. The summed E-state index contributed by atoms with van der Waals surface area (Å²) in [5, 5.41) is 11.6. The molecule has 2 N–H and O–H groups in total. The molecule has 164 valence electrons. The molecule has 1 saturated carbocycles. The van der Waals surface area contributed by atoms with Gasteiger partial charge in [0, 0.05) is 24.7 Å². The number of methoxy groups -OCH3 is 1. The fourth-order valence-electron chi connectivity index (χ4n) is 3.18.